The normalized spacial score (nSPS) is 18.7. The number of benzene rings is 1. The SMILES string of the molecule is Cc1ccc(N)cc1NC(=O)CN1C(=O)NC2(CCCCC2)C1=O.Cl. The lowest BCUT2D eigenvalue weighted by molar-refractivity contribution is -0.134. The van der Waals surface area contributed by atoms with Crippen LogP contribution in [0.2, 0.25) is 0 Å². The van der Waals surface area contributed by atoms with Gasteiger partial charge in [-0.05, 0) is 37.5 Å². The Bertz CT molecular complexity index is 701. The van der Waals surface area contributed by atoms with Crippen molar-refractivity contribution in [3.8, 4) is 0 Å². The molecule has 1 aliphatic carbocycles. The standard InChI is InChI=1S/C17H22N4O3.ClH/c1-11-5-6-12(18)9-13(11)19-14(22)10-21-15(23)17(20-16(21)24)7-3-2-4-8-17;/h5-6,9H,2-4,7-8,10,18H2,1H3,(H,19,22)(H,20,24);1H. The number of nitrogens with zero attached hydrogens (tertiary/aromatic N) is 1. The van der Waals surface area contributed by atoms with Gasteiger partial charge in [-0.15, -0.1) is 12.4 Å². The first-order valence-electron chi connectivity index (χ1n) is 8.21. The van der Waals surface area contributed by atoms with E-state index in [0.717, 1.165) is 29.7 Å². The number of halogens is 1. The van der Waals surface area contributed by atoms with Gasteiger partial charge in [-0.3, -0.25) is 14.5 Å². The van der Waals surface area contributed by atoms with Gasteiger partial charge < -0.3 is 16.4 Å². The Morgan fingerprint density at radius 3 is 2.64 bits per heavy atom. The Morgan fingerprint density at radius 1 is 1.28 bits per heavy atom. The molecule has 1 saturated heterocycles. The number of anilines is 2. The van der Waals surface area contributed by atoms with Crippen LogP contribution in [-0.4, -0.2) is 34.8 Å². The monoisotopic (exact) mass is 366 g/mol. The van der Waals surface area contributed by atoms with Crippen molar-refractivity contribution in [2.24, 2.45) is 0 Å². The van der Waals surface area contributed by atoms with Crippen LogP contribution < -0.4 is 16.4 Å². The van der Waals surface area contributed by atoms with Crippen LogP contribution in [0.3, 0.4) is 0 Å². The number of hydrogen-bond donors (Lipinski definition) is 3. The molecule has 0 bridgehead atoms. The van der Waals surface area contributed by atoms with Gasteiger partial charge in [0.2, 0.25) is 5.91 Å². The highest BCUT2D eigenvalue weighted by atomic mass is 35.5. The minimum atomic E-state index is -0.803. The molecule has 1 aromatic carbocycles. The van der Waals surface area contributed by atoms with Crippen molar-refractivity contribution in [3.63, 3.8) is 0 Å². The van der Waals surface area contributed by atoms with Crippen LogP contribution in [0.1, 0.15) is 37.7 Å². The van der Waals surface area contributed by atoms with E-state index in [2.05, 4.69) is 10.6 Å². The van der Waals surface area contributed by atoms with Crippen molar-refractivity contribution < 1.29 is 14.4 Å². The fourth-order valence-corrected chi connectivity index (χ4v) is 3.42. The molecule has 1 heterocycles. The average molecular weight is 367 g/mol. The van der Waals surface area contributed by atoms with E-state index >= 15 is 0 Å². The van der Waals surface area contributed by atoms with Crippen molar-refractivity contribution in [1.82, 2.24) is 10.2 Å². The molecule has 3 rings (SSSR count). The summed E-state index contributed by atoms with van der Waals surface area (Å²) in [6, 6.07) is 4.72. The first-order chi connectivity index (χ1) is 11.4. The van der Waals surface area contributed by atoms with E-state index < -0.39 is 17.5 Å². The lowest BCUT2D eigenvalue weighted by Gasteiger charge is -2.30. The molecule has 0 atom stereocenters. The Labute approximate surface area is 152 Å². The van der Waals surface area contributed by atoms with E-state index in [1.165, 1.54) is 0 Å². The van der Waals surface area contributed by atoms with Gasteiger partial charge in [0.1, 0.15) is 12.1 Å². The number of aryl methyl sites for hydroxylation is 1. The number of amides is 4. The molecule has 0 unspecified atom stereocenters. The molecule has 25 heavy (non-hydrogen) atoms. The Hall–Kier alpha value is -2.28. The number of carbonyl (C=O) groups is 3. The van der Waals surface area contributed by atoms with E-state index in [0.29, 0.717) is 24.2 Å². The number of urea groups is 1. The molecule has 1 saturated carbocycles. The summed E-state index contributed by atoms with van der Waals surface area (Å²) in [5.74, 6) is -0.702. The van der Waals surface area contributed by atoms with Gasteiger partial charge in [0.15, 0.2) is 0 Å². The van der Waals surface area contributed by atoms with Crippen LogP contribution >= 0.6 is 12.4 Å². The molecule has 2 aliphatic rings. The third kappa shape index (κ3) is 3.71. The number of carbonyl (C=O) groups excluding carboxylic acids is 3. The number of nitrogens with two attached hydrogens (primary N) is 1. The van der Waals surface area contributed by atoms with Crippen molar-refractivity contribution in [1.29, 1.82) is 0 Å². The van der Waals surface area contributed by atoms with Gasteiger partial charge in [-0.25, -0.2) is 4.79 Å². The molecule has 4 N–H and O–H groups in total. The number of imide groups is 1. The summed E-state index contributed by atoms with van der Waals surface area (Å²) < 4.78 is 0. The smallest absolute Gasteiger partial charge is 0.325 e. The second-order valence-electron chi connectivity index (χ2n) is 6.59. The summed E-state index contributed by atoms with van der Waals surface area (Å²) in [7, 11) is 0. The van der Waals surface area contributed by atoms with Crippen molar-refractivity contribution in [2.75, 3.05) is 17.6 Å². The van der Waals surface area contributed by atoms with Crippen LogP contribution in [0.15, 0.2) is 18.2 Å². The molecule has 8 heteroatoms. The fraction of sp³-hybridized carbons (Fsp3) is 0.471. The molecule has 1 spiro atoms. The summed E-state index contributed by atoms with van der Waals surface area (Å²) >= 11 is 0. The number of rotatable bonds is 3. The zero-order valence-electron chi connectivity index (χ0n) is 14.1. The van der Waals surface area contributed by atoms with Gasteiger partial charge in [-0.2, -0.15) is 0 Å². The first-order valence-corrected chi connectivity index (χ1v) is 8.21. The second-order valence-corrected chi connectivity index (χ2v) is 6.59. The van der Waals surface area contributed by atoms with Gasteiger partial charge in [0.05, 0.1) is 0 Å². The Morgan fingerprint density at radius 2 is 1.96 bits per heavy atom. The molecular weight excluding hydrogens is 344 g/mol. The minimum Gasteiger partial charge on any atom is -0.399 e. The molecular formula is C17H23ClN4O3. The molecule has 1 aliphatic heterocycles. The van der Waals surface area contributed by atoms with Gasteiger partial charge >= 0.3 is 6.03 Å². The zero-order chi connectivity index (χ0) is 17.3. The summed E-state index contributed by atoms with van der Waals surface area (Å²) in [5.41, 5.74) is 6.90. The molecule has 4 amide bonds. The van der Waals surface area contributed by atoms with E-state index in [4.69, 9.17) is 5.73 Å². The van der Waals surface area contributed by atoms with Gasteiger partial charge in [0.25, 0.3) is 5.91 Å². The van der Waals surface area contributed by atoms with Crippen LogP contribution in [0.5, 0.6) is 0 Å². The Kier molecular flexibility index (Phi) is 5.57. The summed E-state index contributed by atoms with van der Waals surface area (Å²) in [5, 5.41) is 5.51. The predicted molar refractivity (Wildman–Crippen MR) is 97.5 cm³/mol. The van der Waals surface area contributed by atoms with Crippen LogP contribution in [0.25, 0.3) is 0 Å². The van der Waals surface area contributed by atoms with E-state index in [1.807, 2.05) is 6.92 Å². The number of nitrogens with one attached hydrogen (secondary N) is 2. The average Bonchev–Trinajstić information content (AvgIpc) is 2.76. The highest BCUT2D eigenvalue weighted by Crippen LogP contribution is 2.33. The van der Waals surface area contributed by atoms with Crippen molar-refractivity contribution in [2.45, 2.75) is 44.6 Å². The molecule has 2 fully saturated rings. The lowest BCUT2D eigenvalue weighted by atomic mass is 9.82. The lowest BCUT2D eigenvalue weighted by Crippen LogP contribution is -2.48. The number of nitrogen functional groups attached to an aromatic ring is 1. The predicted octanol–water partition coefficient (Wildman–Crippen LogP) is 2.19. The topological polar surface area (TPSA) is 105 Å². The molecule has 0 radical (unpaired) electrons. The van der Waals surface area contributed by atoms with Gasteiger partial charge in [0, 0.05) is 11.4 Å². The summed E-state index contributed by atoms with van der Waals surface area (Å²) in [6.07, 6.45) is 4.18. The van der Waals surface area contributed by atoms with Crippen LogP contribution in [0, 0.1) is 6.92 Å². The Balaban J connectivity index is 0.00000225. The zero-order valence-corrected chi connectivity index (χ0v) is 14.9. The summed E-state index contributed by atoms with van der Waals surface area (Å²) in [6.45, 7) is 1.56. The highest BCUT2D eigenvalue weighted by molar-refractivity contribution is 6.10. The van der Waals surface area contributed by atoms with Crippen LogP contribution in [0.4, 0.5) is 16.2 Å². The molecule has 0 aromatic heterocycles. The highest BCUT2D eigenvalue weighted by Gasteiger charge is 2.51. The third-order valence-electron chi connectivity index (χ3n) is 4.79. The molecule has 136 valence electrons. The molecule has 1 aromatic rings. The van der Waals surface area contributed by atoms with Crippen molar-refractivity contribution >= 4 is 41.6 Å². The summed E-state index contributed by atoms with van der Waals surface area (Å²) in [4.78, 5) is 38.1. The fourth-order valence-electron chi connectivity index (χ4n) is 3.42. The number of hydrogen-bond acceptors (Lipinski definition) is 4. The molecule has 7 nitrogen and oxygen atoms in total. The van der Waals surface area contributed by atoms with Crippen LogP contribution in [-0.2, 0) is 9.59 Å². The van der Waals surface area contributed by atoms with E-state index in [1.54, 1.807) is 18.2 Å². The third-order valence-corrected chi connectivity index (χ3v) is 4.79. The quantitative estimate of drug-likeness (QED) is 0.563. The largest absolute Gasteiger partial charge is 0.399 e. The second kappa shape index (κ2) is 7.31. The first kappa shape index (κ1) is 19.1. The van der Waals surface area contributed by atoms with Gasteiger partial charge in [-0.1, -0.05) is 25.3 Å². The van der Waals surface area contributed by atoms with E-state index in [-0.39, 0.29) is 24.9 Å². The van der Waals surface area contributed by atoms with Crippen molar-refractivity contribution in [3.05, 3.63) is 23.8 Å². The minimum absolute atomic E-state index is 0. The maximum Gasteiger partial charge on any atom is 0.325 e. The maximum atomic E-state index is 12.6. The maximum absolute atomic E-state index is 12.6. The van der Waals surface area contributed by atoms with E-state index in [9.17, 15) is 14.4 Å².